The van der Waals surface area contributed by atoms with Crippen LogP contribution in [0, 0.1) is 0 Å². The smallest absolute Gasteiger partial charge is 0.397 e. The molecule has 0 spiro atoms. The van der Waals surface area contributed by atoms with Crippen LogP contribution in [0.15, 0.2) is 27.1 Å². The van der Waals surface area contributed by atoms with Gasteiger partial charge in [0.15, 0.2) is 5.58 Å². The summed E-state index contributed by atoms with van der Waals surface area (Å²) in [5.41, 5.74) is 0.764. The average Bonchev–Trinajstić information content (AvgIpc) is 2.45. The standard InChI is InChI=1S/C9H5BrF3NO/c10-5-2-1-3-6-8(5)15-7(14-6)4-9(11,12)13/h1-3H,4H2. The van der Waals surface area contributed by atoms with Crippen LogP contribution in [0.3, 0.4) is 0 Å². The number of para-hydroxylation sites is 1. The van der Waals surface area contributed by atoms with Crippen LogP contribution in [0.4, 0.5) is 13.2 Å². The van der Waals surface area contributed by atoms with Gasteiger partial charge in [-0.25, -0.2) is 4.98 Å². The molecular formula is C9H5BrF3NO. The molecule has 80 valence electrons. The Bertz CT molecular complexity index is 492. The number of rotatable bonds is 1. The molecule has 0 saturated carbocycles. The minimum absolute atomic E-state index is 0.315. The molecule has 1 heterocycles. The van der Waals surface area contributed by atoms with Gasteiger partial charge in [-0.2, -0.15) is 13.2 Å². The number of fused-ring (bicyclic) bond motifs is 1. The topological polar surface area (TPSA) is 26.0 Å². The number of oxazole rings is 1. The molecule has 0 aliphatic rings. The first-order chi connectivity index (χ1) is 6.96. The van der Waals surface area contributed by atoms with Gasteiger partial charge in [-0.05, 0) is 28.1 Å². The first-order valence-corrected chi connectivity index (χ1v) is 4.86. The summed E-state index contributed by atoms with van der Waals surface area (Å²) in [5.74, 6) is -0.315. The van der Waals surface area contributed by atoms with Crippen LogP contribution in [-0.4, -0.2) is 11.2 Å². The molecule has 0 unspecified atom stereocenters. The number of nitrogens with zero attached hydrogens (tertiary/aromatic N) is 1. The summed E-state index contributed by atoms with van der Waals surface area (Å²) < 4.78 is 41.8. The lowest BCUT2D eigenvalue weighted by Gasteiger charge is -2.00. The molecule has 2 nitrogen and oxygen atoms in total. The predicted octanol–water partition coefficient (Wildman–Crippen LogP) is 3.70. The fourth-order valence-electron chi connectivity index (χ4n) is 1.21. The van der Waals surface area contributed by atoms with Crippen molar-refractivity contribution in [3.8, 4) is 0 Å². The quantitative estimate of drug-likeness (QED) is 0.796. The largest absolute Gasteiger partial charge is 0.439 e. The predicted molar refractivity (Wildman–Crippen MR) is 51.5 cm³/mol. The molecule has 0 saturated heterocycles. The third-order valence-corrected chi connectivity index (χ3v) is 2.39. The van der Waals surface area contributed by atoms with Crippen LogP contribution < -0.4 is 0 Å². The second-order valence-electron chi connectivity index (χ2n) is 2.99. The molecule has 2 rings (SSSR count). The zero-order chi connectivity index (χ0) is 11.1. The molecule has 0 aliphatic carbocycles. The zero-order valence-electron chi connectivity index (χ0n) is 7.31. The molecule has 6 heteroatoms. The summed E-state index contributed by atoms with van der Waals surface area (Å²) in [7, 11) is 0. The number of hydrogen-bond acceptors (Lipinski definition) is 2. The molecule has 15 heavy (non-hydrogen) atoms. The lowest BCUT2D eigenvalue weighted by molar-refractivity contribution is -0.130. The normalized spacial score (nSPS) is 12.3. The van der Waals surface area contributed by atoms with Crippen molar-refractivity contribution < 1.29 is 17.6 Å². The molecular weight excluding hydrogens is 275 g/mol. The lowest BCUT2D eigenvalue weighted by Crippen LogP contribution is -2.11. The molecule has 2 aromatic rings. The lowest BCUT2D eigenvalue weighted by atomic mass is 10.3. The molecule has 0 N–H and O–H groups in total. The Morgan fingerprint density at radius 1 is 1.33 bits per heavy atom. The van der Waals surface area contributed by atoms with Gasteiger partial charge in [-0.3, -0.25) is 0 Å². The fraction of sp³-hybridized carbons (Fsp3) is 0.222. The van der Waals surface area contributed by atoms with E-state index in [1.54, 1.807) is 18.2 Å². The van der Waals surface area contributed by atoms with Crippen molar-refractivity contribution in [2.45, 2.75) is 12.6 Å². The number of hydrogen-bond donors (Lipinski definition) is 0. The highest BCUT2D eigenvalue weighted by atomic mass is 79.9. The minimum atomic E-state index is -4.30. The average molecular weight is 280 g/mol. The van der Waals surface area contributed by atoms with Crippen LogP contribution >= 0.6 is 15.9 Å². The van der Waals surface area contributed by atoms with Crippen molar-refractivity contribution >= 4 is 27.0 Å². The van der Waals surface area contributed by atoms with E-state index in [-0.39, 0.29) is 5.89 Å². The maximum absolute atomic E-state index is 12.1. The van der Waals surface area contributed by atoms with Gasteiger partial charge >= 0.3 is 6.18 Å². The molecule has 1 aromatic carbocycles. The van der Waals surface area contributed by atoms with E-state index >= 15 is 0 Å². The summed E-state index contributed by atoms with van der Waals surface area (Å²) in [5, 5.41) is 0. The van der Waals surface area contributed by atoms with Gasteiger partial charge in [0.1, 0.15) is 11.9 Å². The molecule has 0 atom stereocenters. The van der Waals surface area contributed by atoms with Gasteiger partial charge in [0.25, 0.3) is 0 Å². The second-order valence-corrected chi connectivity index (χ2v) is 3.84. The summed E-state index contributed by atoms with van der Waals surface area (Å²) in [6.45, 7) is 0. The Hall–Kier alpha value is -1.04. The molecule has 0 bridgehead atoms. The van der Waals surface area contributed by atoms with Crippen LogP contribution in [0.5, 0.6) is 0 Å². The van der Waals surface area contributed by atoms with E-state index in [4.69, 9.17) is 4.42 Å². The third kappa shape index (κ3) is 2.31. The van der Waals surface area contributed by atoms with Gasteiger partial charge < -0.3 is 4.42 Å². The van der Waals surface area contributed by atoms with E-state index in [2.05, 4.69) is 20.9 Å². The monoisotopic (exact) mass is 279 g/mol. The summed E-state index contributed by atoms with van der Waals surface area (Å²) in [6, 6.07) is 4.97. The maximum Gasteiger partial charge on any atom is 0.397 e. The van der Waals surface area contributed by atoms with E-state index in [1.807, 2.05) is 0 Å². The highest BCUT2D eigenvalue weighted by Crippen LogP contribution is 2.27. The first-order valence-electron chi connectivity index (χ1n) is 4.06. The highest BCUT2D eigenvalue weighted by Gasteiger charge is 2.30. The SMILES string of the molecule is FC(F)(F)Cc1nc2cccc(Br)c2o1. The van der Waals surface area contributed by atoms with Crippen molar-refractivity contribution in [1.82, 2.24) is 4.98 Å². The van der Waals surface area contributed by atoms with Gasteiger partial charge in [-0.1, -0.05) is 6.07 Å². The summed E-state index contributed by atoms with van der Waals surface area (Å²) >= 11 is 3.17. The van der Waals surface area contributed by atoms with E-state index in [0.29, 0.717) is 15.6 Å². The van der Waals surface area contributed by atoms with E-state index in [1.165, 1.54) is 0 Å². The first kappa shape index (κ1) is 10.5. The van der Waals surface area contributed by atoms with Gasteiger partial charge in [-0.15, -0.1) is 0 Å². The van der Waals surface area contributed by atoms with Crippen molar-refractivity contribution in [2.24, 2.45) is 0 Å². The highest BCUT2D eigenvalue weighted by molar-refractivity contribution is 9.10. The second kappa shape index (κ2) is 3.52. The van der Waals surface area contributed by atoms with Crippen molar-refractivity contribution in [3.05, 3.63) is 28.6 Å². The Morgan fingerprint density at radius 3 is 2.67 bits per heavy atom. The zero-order valence-corrected chi connectivity index (χ0v) is 8.89. The number of benzene rings is 1. The number of aromatic nitrogens is 1. The van der Waals surface area contributed by atoms with Gasteiger partial charge in [0.2, 0.25) is 5.89 Å². The Balaban J connectivity index is 2.44. The molecule has 0 amide bonds. The molecule has 0 fully saturated rings. The Morgan fingerprint density at radius 2 is 2.07 bits per heavy atom. The van der Waals surface area contributed by atoms with E-state index in [9.17, 15) is 13.2 Å². The van der Waals surface area contributed by atoms with E-state index in [0.717, 1.165) is 0 Å². The van der Waals surface area contributed by atoms with Crippen molar-refractivity contribution in [3.63, 3.8) is 0 Å². The van der Waals surface area contributed by atoms with Crippen molar-refractivity contribution in [2.75, 3.05) is 0 Å². The number of halogens is 4. The molecule has 0 radical (unpaired) electrons. The van der Waals surface area contributed by atoms with Gasteiger partial charge in [0, 0.05) is 0 Å². The van der Waals surface area contributed by atoms with Crippen LogP contribution in [0.1, 0.15) is 5.89 Å². The molecule has 0 aliphatic heterocycles. The van der Waals surface area contributed by atoms with Crippen molar-refractivity contribution in [1.29, 1.82) is 0 Å². The summed E-state index contributed by atoms with van der Waals surface area (Å²) in [4.78, 5) is 3.74. The van der Waals surface area contributed by atoms with E-state index < -0.39 is 12.6 Å². The van der Waals surface area contributed by atoms with Crippen LogP contribution in [0.25, 0.3) is 11.1 Å². The van der Waals surface area contributed by atoms with Crippen LogP contribution in [-0.2, 0) is 6.42 Å². The Labute approximate surface area is 91.2 Å². The molecule has 1 aromatic heterocycles. The van der Waals surface area contributed by atoms with Crippen LogP contribution in [0.2, 0.25) is 0 Å². The number of alkyl halides is 3. The van der Waals surface area contributed by atoms with Gasteiger partial charge in [0.05, 0.1) is 4.47 Å². The third-order valence-electron chi connectivity index (χ3n) is 1.76. The summed E-state index contributed by atoms with van der Waals surface area (Å²) in [6.07, 6.45) is -5.44. The minimum Gasteiger partial charge on any atom is -0.439 e. The maximum atomic E-state index is 12.1. The Kier molecular flexibility index (Phi) is 2.46. The fourth-order valence-corrected chi connectivity index (χ4v) is 1.65.